The molecule has 1 N–H and O–H groups in total. The number of carbonyl (C=O) groups is 3. The number of hydrogen-bond donors (Lipinski definition) is 1. The Labute approximate surface area is 211 Å². The minimum absolute atomic E-state index is 0.188. The fraction of sp³-hybridized carbons (Fsp3) is 0.800. The maximum atomic E-state index is 14.3. The zero-order chi connectivity index (χ0) is 25.6. The summed E-state index contributed by atoms with van der Waals surface area (Å²) < 4.78 is 11.8. The molecule has 7 atom stereocenters. The molecule has 3 fully saturated rings. The lowest BCUT2D eigenvalue weighted by molar-refractivity contribution is -0.157. The van der Waals surface area contributed by atoms with Crippen LogP contribution in [0.25, 0.3) is 0 Å². The van der Waals surface area contributed by atoms with Gasteiger partial charge in [-0.25, -0.2) is 0 Å². The van der Waals surface area contributed by atoms with E-state index in [9.17, 15) is 19.5 Å². The number of aliphatic hydroxyl groups excluding tert-OH is 1. The molecule has 0 radical (unpaired) electrons. The third-order valence-electron chi connectivity index (χ3n) is 7.25. The number of halogens is 1. The third-order valence-corrected chi connectivity index (χ3v) is 8.10. The van der Waals surface area contributed by atoms with Crippen molar-refractivity contribution < 1.29 is 29.0 Å². The molecule has 3 aliphatic rings. The van der Waals surface area contributed by atoms with E-state index in [1.807, 2.05) is 34.6 Å². The Morgan fingerprint density at radius 1 is 1.41 bits per heavy atom. The van der Waals surface area contributed by atoms with Gasteiger partial charge in [0.25, 0.3) is 0 Å². The van der Waals surface area contributed by atoms with Gasteiger partial charge in [-0.05, 0) is 46.5 Å². The summed E-state index contributed by atoms with van der Waals surface area (Å²) in [6.45, 7) is 15.6. The lowest BCUT2D eigenvalue weighted by Gasteiger charge is -2.43. The predicted octanol–water partition coefficient (Wildman–Crippen LogP) is 2.52. The Hall–Kier alpha value is -1.45. The van der Waals surface area contributed by atoms with Crippen molar-refractivity contribution in [2.24, 2.45) is 17.8 Å². The van der Waals surface area contributed by atoms with Crippen LogP contribution in [-0.2, 0) is 23.9 Å². The number of likely N-dealkylation sites (tertiary alicyclic amines) is 1. The molecule has 2 bridgehead atoms. The first-order valence-corrected chi connectivity index (χ1v) is 13.1. The van der Waals surface area contributed by atoms with Gasteiger partial charge in [-0.15, -0.1) is 6.58 Å². The summed E-state index contributed by atoms with van der Waals surface area (Å²) in [6.07, 6.45) is 2.06. The van der Waals surface area contributed by atoms with Crippen molar-refractivity contribution >= 4 is 33.7 Å². The van der Waals surface area contributed by atoms with Crippen LogP contribution in [0.15, 0.2) is 12.7 Å². The van der Waals surface area contributed by atoms with Crippen LogP contribution in [-0.4, -0.2) is 86.6 Å². The maximum Gasteiger partial charge on any atom is 0.312 e. The van der Waals surface area contributed by atoms with Crippen molar-refractivity contribution in [2.45, 2.75) is 88.5 Å². The van der Waals surface area contributed by atoms with Crippen molar-refractivity contribution in [2.75, 3.05) is 19.8 Å². The number of carbonyl (C=O) groups excluding carboxylic acids is 3. The maximum absolute atomic E-state index is 14.3. The number of aliphatic hydroxyl groups is 1. The molecule has 9 heteroatoms. The molecule has 3 unspecified atom stereocenters. The molecule has 3 rings (SSSR count). The van der Waals surface area contributed by atoms with Gasteiger partial charge in [-0.3, -0.25) is 14.4 Å². The number of hydrogen-bond acceptors (Lipinski definition) is 6. The van der Waals surface area contributed by atoms with E-state index in [1.165, 1.54) is 4.90 Å². The van der Waals surface area contributed by atoms with Gasteiger partial charge in [-0.1, -0.05) is 35.9 Å². The number of amides is 2. The van der Waals surface area contributed by atoms with Crippen LogP contribution in [0.4, 0.5) is 0 Å². The van der Waals surface area contributed by atoms with Crippen molar-refractivity contribution in [3.63, 3.8) is 0 Å². The monoisotopic (exact) mass is 542 g/mol. The predicted molar refractivity (Wildman–Crippen MR) is 131 cm³/mol. The van der Waals surface area contributed by atoms with Crippen molar-refractivity contribution in [3.05, 3.63) is 12.7 Å². The summed E-state index contributed by atoms with van der Waals surface area (Å²) in [5.41, 5.74) is -1.70. The zero-order valence-corrected chi connectivity index (χ0v) is 22.7. The Bertz CT molecular complexity index is 827. The second kappa shape index (κ2) is 9.90. The summed E-state index contributed by atoms with van der Waals surface area (Å²) >= 11 is 3.65. The Kier molecular flexibility index (Phi) is 7.90. The van der Waals surface area contributed by atoms with Gasteiger partial charge in [0.1, 0.15) is 11.6 Å². The van der Waals surface area contributed by atoms with Crippen LogP contribution in [0.2, 0.25) is 0 Å². The molecule has 34 heavy (non-hydrogen) atoms. The molecule has 0 aromatic heterocycles. The van der Waals surface area contributed by atoms with Gasteiger partial charge >= 0.3 is 5.97 Å². The quantitative estimate of drug-likeness (QED) is 0.273. The first kappa shape index (κ1) is 27.1. The highest BCUT2D eigenvalue weighted by molar-refractivity contribution is 9.09. The van der Waals surface area contributed by atoms with Gasteiger partial charge < -0.3 is 24.4 Å². The van der Waals surface area contributed by atoms with Gasteiger partial charge in [0, 0.05) is 16.9 Å². The number of fused-ring (bicyclic) bond motifs is 1. The molecule has 0 saturated carbocycles. The zero-order valence-electron chi connectivity index (χ0n) is 21.1. The minimum Gasteiger partial charge on any atom is -0.466 e. The molecule has 0 aliphatic carbocycles. The standard InChI is InChI=1S/C25H39BrN2O6/c1-8-10-27(24(5,6)7)22(31)20-25-12-16(26)19(34-25)17(23(32)33-9-2)18(25)21(30)28(20)15(13-29)11-14(3)4/h8,14-20,29H,1,9-13H2,2-7H3/t15-,16?,17+,18+,19+,20?,25?/m1/s1. The highest BCUT2D eigenvalue weighted by Gasteiger charge is 2.77. The van der Waals surface area contributed by atoms with Crippen LogP contribution in [0.3, 0.4) is 0 Å². The third kappa shape index (κ3) is 4.32. The van der Waals surface area contributed by atoms with Crippen LogP contribution < -0.4 is 0 Å². The second-order valence-electron chi connectivity index (χ2n) is 11.0. The lowest BCUT2D eigenvalue weighted by atomic mass is 9.70. The fourth-order valence-corrected chi connectivity index (χ4v) is 6.98. The van der Waals surface area contributed by atoms with E-state index in [0.717, 1.165) is 0 Å². The van der Waals surface area contributed by atoms with Gasteiger partial charge in [0.15, 0.2) is 0 Å². The number of nitrogens with zero attached hydrogens (tertiary/aromatic N) is 2. The largest absolute Gasteiger partial charge is 0.466 e. The molecular formula is C25H39BrN2O6. The Balaban J connectivity index is 2.16. The fourth-order valence-electron chi connectivity index (χ4n) is 6.04. The lowest BCUT2D eigenvalue weighted by Crippen LogP contribution is -2.62. The van der Waals surface area contributed by atoms with Gasteiger partial charge in [0.2, 0.25) is 11.8 Å². The molecule has 2 amide bonds. The van der Waals surface area contributed by atoms with E-state index in [-0.39, 0.29) is 35.8 Å². The first-order valence-electron chi connectivity index (χ1n) is 12.2. The highest BCUT2D eigenvalue weighted by Crippen LogP contribution is 2.61. The normalized spacial score (nSPS) is 33.3. The van der Waals surface area contributed by atoms with Crippen molar-refractivity contribution in [3.8, 4) is 0 Å². The summed E-state index contributed by atoms with van der Waals surface area (Å²) in [7, 11) is 0. The molecule has 3 saturated heterocycles. The number of rotatable bonds is 9. The average Bonchev–Trinajstić information content (AvgIpc) is 3.32. The van der Waals surface area contributed by atoms with Crippen molar-refractivity contribution in [1.29, 1.82) is 0 Å². The van der Waals surface area contributed by atoms with Crippen LogP contribution in [0.5, 0.6) is 0 Å². The molecule has 0 aromatic carbocycles. The molecule has 192 valence electrons. The SMILES string of the molecule is C=CCN(C(=O)C1N([C@@H](CO)CC(C)C)C(=O)[C@@H]2[C@H](C(=O)OCC)[C@H]3OC12CC3Br)C(C)(C)C. The number of esters is 1. The van der Waals surface area contributed by atoms with Gasteiger partial charge in [0.05, 0.1) is 37.2 Å². The van der Waals surface area contributed by atoms with E-state index in [1.54, 1.807) is 17.9 Å². The molecular weight excluding hydrogens is 504 g/mol. The van der Waals surface area contributed by atoms with E-state index < -0.39 is 47.1 Å². The molecule has 3 heterocycles. The van der Waals surface area contributed by atoms with Crippen LogP contribution in [0.1, 0.15) is 54.4 Å². The summed E-state index contributed by atoms with van der Waals surface area (Å²) in [5, 5.41) is 10.3. The smallest absolute Gasteiger partial charge is 0.312 e. The molecule has 0 aromatic rings. The van der Waals surface area contributed by atoms with E-state index in [2.05, 4.69) is 22.5 Å². The number of alkyl halides is 1. The number of ether oxygens (including phenoxy) is 2. The van der Waals surface area contributed by atoms with Crippen LogP contribution >= 0.6 is 15.9 Å². The Morgan fingerprint density at radius 3 is 2.56 bits per heavy atom. The van der Waals surface area contributed by atoms with E-state index in [4.69, 9.17) is 9.47 Å². The van der Waals surface area contributed by atoms with Crippen LogP contribution in [0, 0.1) is 17.8 Å². The van der Waals surface area contributed by atoms with E-state index >= 15 is 0 Å². The second-order valence-corrected chi connectivity index (χ2v) is 12.2. The summed E-state index contributed by atoms with van der Waals surface area (Å²) in [6, 6.07) is -1.52. The molecule has 8 nitrogen and oxygen atoms in total. The van der Waals surface area contributed by atoms with E-state index in [0.29, 0.717) is 19.4 Å². The Morgan fingerprint density at radius 2 is 2.06 bits per heavy atom. The van der Waals surface area contributed by atoms with Gasteiger partial charge in [-0.2, -0.15) is 0 Å². The average molecular weight is 543 g/mol. The minimum atomic E-state index is -1.17. The molecule has 1 spiro atoms. The summed E-state index contributed by atoms with van der Waals surface area (Å²) in [4.78, 5) is 44.4. The van der Waals surface area contributed by atoms with Crippen molar-refractivity contribution in [1.82, 2.24) is 9.80 Å². The highest BCUT2D eigenvalue weighted by atomic mass is 79.9. The first-order chi connectivity index (χ1) is 15.8. The molecule has 3 aliphatic heterocycles. The summed E-state index contributed by atoms with van der Waals surface area (Å²) in [5.74, 6) is -2.49. The topological polar surface area (TPSA) is 96.4 Å².